The molecule has 0 bridgehead atoms. The topological polar surface area (TPSA) is 84.7 Å². The van der Waals surface area contributed by atoms with Crippen molar-refractivity contribution in [2.75, 3.05) is 18.4 Å². The minimum absolute atomic E-state index is 0.0704. The third-order valence-corrected chi connectivity index (χ3v) is 5.10. The van der Waals surface area contributed by atoms with Crippen molar-refractivity contribution in [2.45, 2.75) is 13.0 Å². The molecule has 0 spiro atoms. The van der Waals surface area contributed by atoms with Crippen molar-refractivity contribution in [1.82, 2.24) is 25.1 Å². The van der Waals surface area contributed by atoms with Crippen molar-refractivity contribution in [2.24, 2.45) is 0 Å². The van der Waals surface area contributed by atoms with Crippen LogP contribution in [0.2, 0.25) is 5.02 Å². The van der Waals surface area contributed by atoms with E-state index in [4.69, 9.17) is 11.6 Å². The third kappa shape index (κ3) is 4.80. The molecule has 2 aromatic heterocycles. The molecule has 0 unspecified atom stereocenters. The molecule has 9 heteroatoms. The molecule has 0 atom stereocenters. The van der Waals surface area contributed by atoms with E-state index in [-0.39, 0.29) is 17.1 Å². The lowest BCUT2D eigenvalue weighted by Crippen LogP contribution is -2.28. The number of amides is 1. The Labute approximate surface area is 183 Å². The molecule has 0 saturated carbocycles. The zero-order valence-electron chi connectivity index (χ0n) is 16.6. The first kappa shape index (κ1) is 20.7. The second-order valence-corrected chi connectivity index (χ2v) is 7.25. The van der Waals surface area contributed by atoms with Gasteiger partial charge in [-0.15, -0.1) is 0 Å². The lowest BCUT2D eigenvalue weighted by Gasteiger charge is -2.09. The van der Waals surface area contributed by atoms with E-state index in [1.165, 1.54) is 30.1 Å². The molecule has 158 valence electrons. The molecule has 0 aliphatic carbocycles. The summed E-state index contributed by atoms with van der Waals surface area (Å²) in [6.45, 7) is 1.32. The van der Waals surface area contributed by atoms with Gasteiger partial charge in [0.15, 0.2) is 5.65 Å². The molecule has 2 aromatic carbocycles. The zero-order valence-corrected chi connectivity index (χ0v) is 17.3. The molecule has 1 amide bonds. The predicted octanol–water partition coefficient (Wildman–Crippen LogP) is 3.70. The van der Waals surface area contributed by atoms with Crippen LogP contribution in [0.15, 0.2) is 61.1 Å². The third-order valence-electron chi connectivity index (χ3n) is 4.78. The smallest absolute Gasteiger partial charge is 0.255 e. The van der Waals surface area contributed by atoms with Crippen LogP contribution in [0.5, 0.6) is 0 Å². The highest BCUT2D eigenvalue weighted by molar-refractivity contribution is 6.33. The standard InChI is InChI=1S/C22H20ClFN6O/c23-17-7-4-8-18(24)19(17)22(31)26-11-12-30-21-16(13-29-30)20(27-14-28-21)25-10-9-15-5-2-1-3-6-15/h1-8,13-14H,9-12H2,(H,26,31)(H,25,27,28). The first-order valence-corrected chi connectivity index (χ1v) is 10.2. The molecule has 4 aromatic rings. The number of halogens is 2. The maximum atomic E-state index is 13.9. The Morgan fingerprint density at radius 2 is 1.90 bits per heavy atom. The number of aromatic nitrogens is 4. The number of anilines is 1. The highest BCUT2D eigenvalue weighted by Gasteiger charge is 2.15. The van der Waals surface area contributed by atoms with Gasteiger partial charge in [0.05, 0.1) is 28.7 Å². The number of nitrogens with one attached hydrogen (secondary N) is 2. The average Bonchev–Trinajstić information content (AvgIpc) is 3.18. The van der Waals surface area contributed by atoms with Crippen LogP contribution in [-0.2, 0) is 13.0 Å². The van der Waals surface area contributed by atoms with Crippen LogP contribution in [0.1, 0.15) is 15.9 Å². The fourth-order valence-electron chi connectivity index (χ4n) is 3.25. The van der Waals surface area contributed by atoms with Crippen LogP contribution in [0.25, 0.3) is 11.0 Å². The molecular weight excluding hydrogens is 419 g/mol. The Morgan fingerprint density at radius 1 is 1.06 bits per heavy atom. The largest absolute Gasteiger partial charge is 0.369 e. The van der Waals surface area contributed by atoms with Crippen LogP contribution in [0.3, 0.4) is 0 Å². The van der Waals surface area contributed by atoms with Gasteiger partial charge in [-0.2, -0.15) is 5.10 Å². The molecule has 7 nitrogen and oxygen atoms in total. The molecular formula is C22H20ClFN6O. The number of hydrogen-bond acceptors (Lipinski definition) is 5. The minimum Gasteiger partial charge on any atom is -0.369 e. The highest BCUT2D eigenvalue weighted by atomic mass is 35.5. The van der Waals surface area contributed by atoms with Crippen molar-refractivity contribution >= 4 is 34.4 Å². The predicted molar refractivity (Wildman–Crippen MR) is 118 cm³/mol. The van der Waals surface area contributed by atoms with Gasteiger partial charge in [0.25, 0.3) is 5.91 Å². The molecule has 2 heterocycles. The van der Waals surface area contributed by atoms with Gasteiger partial charge in [-0.1, -0.05) is 48.0 Å². The van der Waals surface area contributed by atoms with Crippen molar-refractivity contribution in [3.05, 3.63) is 83.0 Å². The van der Waals surface area contributed by atoms with Gasteiger partial charge >= 0.3 is 0 Å². The van der Waals surface area contributed by atoms with Gasteiger partial charge < -0.3 is 10.6 Å². The van der Waals surface area contributed by atoms with Crippen molar-refractivity contribution in [3.63, 3.8) is 0 Å². The van der Waals surface area contributed by atoms with Crippen LogP contribution < -0.4 is 10.6 Å². The molecule has 4 rings (SSSR count). The van der Waals surface area contributed by atoms with Crippen LogP contribution in [-0.4, -0.2) is 38.7 Å². The van der Waals surface area contributed by atoms with Crippen LogP contribution >= 0.6 is 11.6 Å². The lowest BCUT2D eigenvalue weighted by atomic mass is 10.1. The summed E-state index contributed by atoms with van der Waals surface area (Å²) in [6.07, 6.45) is 4.03. The van der Waals surface area contributed by atoms with E-state index in [9.17, 15) is 9.18 Å². The molecule has 0 aliphatic rings. The summed E-state index contributed by atoms with van der Waals surface area (Å²) in [6, 6.07) is 14.3. The number of rotatable bonds is 8. The number of carbonyl (C=O) groups is 1. The molecule has 2 N–H and O–H groups in total. The summed E-state index contributed by atoms with van der Waals surface area (Å²) in [5, 5.41) is 11.2. The van der Waals surface area contributed by atoms with Gasteiger partial charge in [0.1, 0.15) is 18.0 Å². The highest BCUT2D eigenvalue weighted by Crippen LogP contribution is 2.20. The summed E-state index contributed by atoms with van der Waals surface area (Å²) in [4.78, 5) is 20.9. The monoisotopic (exact) mass is 438 g/mol. The van der Waals surface area contributed by atoms with Gasteiger partial charge in [-0.3, -0.25) is 4.79 Å². The first-order valence-electron chi connectivity index (χ1n) is 9.80. The van der Waals surface area contributed by atoms with Crippen molar-refractivity contribution in [1.29, 1.82) is 0 Å². The SMILES string of the molecule is O=C(NCCn1ncc2c(NCCc3ccccc3)ncnc21)c1c(F)cccc1Cl. The van der Waals surface area contributed by atoms with E-state index in [2.05, 4.69) is 37.8 Å². The fraction of sp³-hybridized carbons (Fsp3) is 0.182. The Balaban J connectivity index is 1.38. The van der Waals surface area contributed by atoms with E-state index >= 15 is 0 Å². The minimum atomic E-state index is -0.659. The number of hydrogen-bond donors (Lipinski definition) is 2. The Hall–Kier alpha value is -3.52. The summed E-state index contributed by atoms with van der Waals surface area (Å²) in [5.74, 6) is -0.527. The number of nitrogens with zero attached hydrogens (tertiary/aromatic N) is 4. The van der Waals surface area contributed by atoms with Crippen LogP contribution in [0.4, 0.5) is 10.2 Å². The average molecular weight is 439 g/mol. The molecule has 0 aliphatic heterocycles. The number of carbonyl (C=O) groups excluding carboxylic acids is 1. The van der Waals surface area contributed by atoms with E-state index in [1.54, 1.807) is 10.9 Å². The van der Waals surface area contributed by atoms with E-state index in [1.807, 2.05) is 18.2 Å². The maximum absolute atomic E-state index is 13.9. The van der Waals surface area contributed by atoms with Gasteiger partial charge in [-0.25, -0.2) is 19.0 Å². The number of benzene rings is 2. The summed E-state index contributed by atoms with van der Waals surface area (Å²) < 4.78 is 15.5. The van der Waals surface area contributed by atoms with Gasteiger partial charge in [0.2, 0.25) is 0 Å². The van der Waals surface area contributed by atoms with E-state index < -0.39 is 11.7 Å². The number of fused-ring (bicyclic) bond motifs is 1. The first-order chi connectivity index (χ1) is 15.1. The van der Waals surface area contributed by atoms with Crippen molar-refractivity contribution < 1.29 is 9.18 Å². The Kier molecular flexibility index (Phi) is 6.37. The summed E-state index contributed by atoms with van der Waals surface area (Å²) in [5.41, 5.74) is 1.72. The second-order valence-electron chi connectivity index (χ2n) is 6.84. The second kappa shape index (κ2) is 9.53. The molecule has 0 fully saturated rings. The Bertz CT molecular complexity index is 1180. The normalized spacial score (nSPS) is 10.9. The van der Waals surface area contributed by atoms with Gasteiger partial charge in [0, 0.05) is 13.1 Å². The molecule has 31 heavy (non-hydrogen) atoms. The van der Waals surface area contributed by atoms with E-state index in [0.29, 0.717) is 18.0 Å². The van der Waals surface area contributed by atoms with Crippen molar-refractivity contribution in [3.8, 4) is 0 Å². The van der Waals surface area contributed by atoms with E-state index in [0.717, 1.165) is 18.4 Å². The zero-order chi connectivity index (χ0) is 21.6. The summed E-state index contributed by atoms with van der Waals surface area (Å²) in [7, 11) is 0. The fourth-order valence-corrected chi connectivity index (χ4v) is 3.49. The molecule has 0 radical (unpaired) electrons. The summed E-state index contributed by atoms with van der Waals surface area (Å²) >= 11 is 5.94. The lowest BCUT2D eigenvalue weighted by molar-refractivity contribution is 0.0948. The molecule has 0 saturated heterocycles. The maximum Gasteiger partial charge on any atom is 0.255 e. The Morgan fingerprint density at radius 3 is 2.71 bits per heavy atom. The van der Waals surface area contributed by atoms with Gasteiger partial charge in [-0.05, 0) is 24.1 Å². The van der Waals surface area contributed by atoms with Crippen LogP contribution in [0, 0.1) is 5.82 Å². The quantitative estimate of drug-likeness (QED) is 0.438.